The number of guanidine groups is 1. The summed E-state index contributed by atoms with van der Waals surface area (Å²) in [5.41, 5.74) is 1.13. The fourth-order valence-electron chi connectivity index (χ4n) is 2.93. The highest BCUT2D eigenvalue weighted by atomic mass is 15.2. The third-order valence-corrected chi connectivity index (χ3v) is 4.16. The molecule has 23 heavy (non-hydrogen) atoms. The number of aryl methyl sites for hydroxylation is 1. The average Bonchev–Trinajstić information content (AvgIpc) is 2.80. The predicted octanol–water partition coefficient (Wildman–Crippen LogP) is 1.74. The molecule has 0 radical (unpaired) electrons. The van der Waals surface area contributed by atoms with Crippen LogP contribution in [0.1, 0.15) is 44.6 Å². The highest BCUT2D eigenvalue weighted by molar-refractivity contribution is 5.79. The summed E-state index contributed by atoms with van der Waals surface area (Å²) in [5.74, 6) is 0.896. The van der Waals surface area contributed by atoms with E-state index in [4.69, 9.17) is 0 Å². The molecule has 0 unspecified atom stereocenters. The van der Waals surface area contributed by atoms with Crippen LogP contribution in [0.3, 0.4) is 0 Å². The minimum absolute atomic E-state index is 0.662. The summed E-state index contributed by atoms with van der Waals surface area (Å²) >= 11 is 0. The van der Waals surface area contributed by atoms with Crippen LogP contribution in [0.5, 0.6) is 0 Å². The zero-order valence-corrected chi connectivity index (χ0v) is 14.7. The largest absolute Gasteiger partial charge is 0.357 e. The van der Waals surface area contributed by atoms with Gasteiger partial charge < -0.3 is 15.5 Å². The van der Waals surface area contributed by atoms with E-state index in [9.17, 15) is 0 Å². The van der Waals surface area contributed by atoms with Gasteiger partial charge in [0.25, 0.3) is 0 Å². The molecule has 6 heteroatoms. The van der Waals surface area contributed by atoms with Gasteiger partial charge in [-0.25, -0.2) is 4.99 Å². The lowest BCUT2D eigenvalue weighted by molar-refractivity contribution is 0.282. The lowest BCUT2D eigenvalue weighted by atomic mass is 10.2. The molecule has 0 amide bonds. The quantitative estimate of drug-likeness (QED) is 0.456. The second kappa shape index (κ2) is 10.3. The number of hydrogen-bond donors (Lipinski definition) is 2. The molecule has 1 aromatic heterocycles. The van der Waals surface area contributed by atoms with E-state index < -0.39 is 0 Å². The molecule has 2 N–H and O–H groups in total. The Bertz CT molecular complexity index is 459. The predicted molar refractivity (Wildman–Crippen MR) is 95.6 cm³/mol. The first kappa shape index (κ1) is 17.8. The van der Waals surface area contributed by atoms with E-state index in [0.29, 0.717) is 6.54 Å². The Morgan fingerprint density at radius 1 is 1.22 bits per heavy atom. The Morgan fingerprint density at radius 3 is 2.65 bits per heavy atom. The van der Waals surface area contributed by atoms with Gasteiger partial charge in [-0.15, -0.1) is 0 Å². The number of hydrogen-bond acceptors (Lipinski definition) is 3. The fraction of sp³-hybridized carbons (Fsp3) is 0.765. The molecule has 1 aliphatic rings. The molecule has 0 bridgehead atoms. The van der Waals surface area contributed by atoms with Crippen LogP contribution < -0.4 is 10.6 Å². The molecule has 6 nitrogen and oxygen atoms in total. The first-order valence-corrected chi connectivity index (χ1v) is 9.00. The number of rotatable bonds is 7. The van der Waals surface area contributed by atoms with Gasteiger partial charge in [-0.2, -0.15) is 5.10 Å². The van der Waals surface area contributed by atoms with Crippen molar-refractivity contribution in [2.45, 2.75) is 45.6 Å². The maximum atomic E-state index is 4.62. The molecular weight excluding hydrogens is 288 g/mol. The van der Waals surface area contributed by atoms with E-state index in [0.717, 1.165) is 31.0 Å². The molecule has 0 atom stereocenters. The summed E-state index contributed by atoms with van der Waals surface area (Å²) in [6.07, 6.45) is 10.6. The van der Waals surface area contributed by atoms with Gasteiger partial charge in [0.2, 0.25) is 0 Å². The molecular formula is C17H32N6. The fourth-order valence-corrected chi connectivity index (χ4v) is 2.93. The number of nitrogens with one attached hydrogen (secondary N) is 2. The zero-order valence-electron chi connectivity index (χ0n) is 14.7. The highest BCUT2D eigenvalue weighted by Crippen LogP contribution is 2.09. The molecule has 1 fully saturated rings. The maximum Gasteiger partial charge on any atom is 0.191 e. The topological polar surface area (TPSA) is 57.5 Å². The van der Waals surface area contributed by atoms with Gasteiger partial charge in [0.1, 0.15) is 0 Å². The van der Waals surface area contributed by atoms with Crippen molar-refractivity contribution in [2.24, 2.45) is 12.0 Å². The number of aliphatic imine (C=N–C) groups is 1. The van der Waals surface area contributed by atoms with Gasteiger partial charge in [0.05, 0.1) is 12.7 Å². The summed E-state index contributed by atoms with van der Waals surface area (Å²) in [4.78, 5) is 7.23. The van der Waals surface area contributed by atoms with Gasteiger partial charge >= 0.3 is 0 Å². The van der Waals surface area contributed by atoms with Crippen LogP contribution >= 0.6 is 0 Å². The molecule has 1 saturated heterocycles. The van der Waals surface area contributed by atoms with E-state index in [1.165, 1.54) is 45.3 Å². The zero-order chi connectivity index (χ0) is 16.3. The standard InChI is InChI=1S/C17H32N6/c1-3-18-17(20-13-16-14-21-22(2)15-16)19-9-8-12-23-10-6-4-5-7-11-23/h14-15H,3-13H2,1-2H3,(H2,18,19,20). The molecule has 0 aliphatic carbocycles. The summed E-state index contributed by atoms with van der Waals surface area (Å²) in [6.45, 7) is 8.34. The Kier molecular flexibility index (Phi) is 7.93. The van der Waals surface area contributed by atoms with E-state index in [1.807, 2.05) is 24.1 Å². The molecule has 1 aromatic rings. The summed E-state index contributed by atoms with van der Waals surface area (Å²) < 4.78 is 1.81. The molecule has 2 rings (SSSR count). The number of likely N-dealkylation sites (tertiary alicyclic amines) is 1. The van der Waals surface area contributed by atoms with Crippen molar-refractivity contribution < 1.29 is 0 Å². The van der Waals surface area contributed by atoms with Gasteiger partial charge in [-0.1, -0.05) is 12.8 Å². The van der Waals surface area contributed by atoms with Gasteiger partial charge in [-0.05, 0) is 45.8 Å². The van der Waals surface area contributed by atoms with Crippen LogP contribution in [0.25, 0.3) is 0 Å². The SMILES string of the molecule is CCNC(=NCc1cnn(C)c1)NCCCN1CCCCCC1. The van der Waals surface area contributed by atoms with E-state index >= 15 is 0 Å². The van der Waals surface area contributed by atoms with Crippen LogP contribution in [-0.4, -0.2) is 53.4 Å². The molecule has 130 valence electrons. The van der Waals surface area contributed by atoms with Crippen molar-refractivity contribution in [1.29, 1.82) is 0 Å². The minimum atomic E-state index is 0.662. The Balaban J connectivity index is 1.69. The third kappa shape index (κ3) is 7.03. The molecule has 0 aromatic carbocycles. The molecule has 1 aliphatic heterocycles. The smallest absolute Gasteiger partial charge is 0.191 e. The van der Waals surface area contributed by atoms with Gasteiger partial charge in [0, 0.05) is 31.9 Å². The van der Waals surface area contributed by atoms with Crippen molar-refractivity contribution in [2.75, 3.05) is 32.7 Å². The number of aromatic nitrogens is 2. The van der Waals surface area contributed by atoms with Gasteiger partial charge in [-0.3, -0.25) is 4.68 Å². The van der Waals surface area contributed by atoms with Crippen molar-refractivity contribution in [3.8, 4) is 0 Å². The lowest BCUT2D eigenvalue weighted by Gasteiger charge is -2.20. The Labute approximate surface area is 140 Å². The van der Waals surface area contributed by atoms with E-state index in [2.05, 4.69) is 32.5 Å². The maximum absolute atomic E-state index is 4.62. The number of nitrogens with zero attached hydrogens (tertiary/aromatic N) is 4. The van der Waals surface area contributed by atoms with Crippen molar-refractivity contribution >= 4 is 5.96 Å². The Morgan fingerprint density at radius 2 is 2.00 bits per heavy atom. The first-order chi connectivity index (χ1) is 11.3. The van der Waals surface area contributed by atoms with Crippen molar-refractivity contribution in [3.05, 3.63) is 18.0 Å². The van der Waals surface area contributed by atoms with Crippen LogP contribution in [0.4, 0.5) is 0 Å². The second-order valence-electron chi connectivity index (χ2n) is 6.25. The summed E-state index contributed by atoms with van der Waals surface area (Å²) in [6, 6.07) is 0. The third-order valence-electron chi connectivity index (χ3n) is 4.16. The molecule has 2 heterocycles. The van der Waals surface area contributed by atoms with E-state index in [-0.39, 0.29) is 0 Å². The van der Waals surface area contributed by atoms with Crippen LogP contribution in [-0.2, 0) is 13.6 Å². The molecule has 0 spiro atoms. The van der Waals surface area contributed by atoms with Gasteiger partial charge in [0.15, 0.2) is 5.96 Å². The van der Waals surface area contributed by atoms with Crippen LogP contribution in [0.15, 0.2) is 17.4 Å². The average molecular weight is 320 g/mol. The second-order valence-corrected chi connectivity index (χ2v) is 6.25. The highest BCUT2D eigenvalue weighted by Gasteiger charge is 2.08. The summed E-state index contributed by atoms with van der Waals surface area (Å²) in [5, 5.41) is 10.9. The Hall–Kier alpha value is -1.56. The molecule has 0 saturated carbocycles. The lowest BCUT2D eigenvalue weighted by Crippen LogP contribution is -2.38. The minimum Gasteiger partial charge on any atom is -0.357 e. The van der Waals surface area contributed by atoms with E-state index in [1.54, 1.807) is 0 Å². The van der Waals surface area contributed by atoms with Crippen LogP contribution in [0.2, 0.25) is 0 Å². The summed E-state index contributed by atoms with van der Waals surface area (Å²) in [7, 11) is 1.93. The first-order valence-electron chi connectivity index (χ1n) is 9.00. The monoisotopic (exact) mass is 320 g/mol. The van der Waals surface area contributed by atoms with Crippen molar-refractivity contribution in [1.82, 2.24) is 25.3 Å². The normalized spacial score (nSPS) is 17.0. The van der Waals surface area contributed by atoms with Crippen molar-refractivity contribution in [3.63, 3.8) is 0 Å². The van der Waals surface area contributed by atoms with Crippen LogP contribution in [0, 0.1) is 0 Å².